The molecule has 0 saturated carbocycles. The molecule has 0 aromatic carbocycles. The Bertz CT molecular complexity index is 439. The first kappa shape index (κ1) is 13.0. The van der Waals surface area contributed by atoms with Crippen molar-refractivity contribution < 1.29 is 9.21 Å². The van der Waals surface area contributed by atoms with Crippen LogP contribution in [0.2, 0.25) is 0 Å². The summed E-state index contributed by atoms with van der Waals surface area (Å²) in [5.41, 5.74) is -0.213. The molecule has 1 aromatic heterocycles. The third kappa shape index (κ3) is 2.36. The van der Waals surface area contributed by atoms with Crippen molar-refractivity contribution in [3.05, 3.63) is 23.7 Å². The number of nitrogens with zero attached hydrogens (tertiary/aromatic N) is 1. The zero-order valence-electron chi connectivity index (χ0n) is 11.4. The number of rotatable bonds is 4. The number of carbonyl (C=O) groups excluding carboxylic acids is 1. The van der Waals surface area contributed by atoms with E-state index < -0.39 is 0 Å². The van der Waals surface area contributed by atoms with Gasteiger partial charge in [-0.2, -0.15) is 0 Å². The number of amides is 2. The molecule has 2 amide bonds. The Labute approximate surface area is 108 Å². The zero-order chi connectivity index (χ0) is 13.3. The molecule has 1 atom stereocenters. The number of urea groups is 1. The SMILES string of the molecule is CNCC(C)(C)N1CC(c2ccc(C)o2)NC1=O. The van der Waals surface area contributed by atoms with Crippen molar-refractivity contribution in [3.63, 3.8) is 0 Å². The number of aryl methyl sites for hydroxylation is 1. The lowest BCUT2D eigenvalue weighted by molar-refractivity contribution is 0.157. The highest BCUT2D eigenvalue weighted by Crippen LogP contribution is 2.27. The topological polar surface area (TPSA) is 57.5 Å². The molecule has 1 aliphatic heterocycles. The number of hydrogen-bond acceptors (Lipinski definition) is 3. The maximum absolute atomic E-state index is 12.0. The van der Waals surface area contributed by atoms with Crippen LogP contribution in [-0.4, -0.2) is 36.6 Å². The van der Waals surface area contributed by atoms with Gasteiger partial charge in [0, 0.05) is 6.54 Å². The second kappa shape index (κ2) is 4.65. The summed E-state index contributed by atoms with van der Waals surface area (Å²) in [7, 11) is 1.89. The molecule has 18 heavy (non-hydrogen) atoms. The predicted octanol–water partition coefficient (Wildman–Crippen LogP) is 1.65. The summed E-state index contributed by atoms with van der Waals surface area (Å²) in [4.78, 5) is 13.9. The molecule has 2 rings (SSSR count). The first-order valence-corrected chi connectivity index (χ1v) is 6.23. The highest BCUT2D eigenvalue weighted by Gasteiger charge is 2.39. The summed E-state index contributed by atoms with van der Waals surface area (Å²) < 4.78 is 5.58. The van der Waals surface area contributed by atoms with Gasteiger partial charge in [-0.25, -0.2) is 4.79 Å². The average molecular weight is 251 g/mol. The fraction of sp³-hybridized carbons (Fsp3) is 0.615. The van der Waals surface area contributed by atoms with Crippen LogP contribution in [0, 0.1) is 6.92 Å². The van der Waals surface area contributed by atoms with Gasteiger partial charge in [0.25, 0.3) is 0 Å². The second-order valence-corrected chi connectivity index (χ2v) is 5.40. The Balaban J connectivity index is 2.12. The van der Waals surface area contributed by atoms with Gasteiger partial charge in [0.2, 0.25) is 0 Å². The van der Waals surface area contributed by atoms with Crippen molar-refractivity contribution >= 4 is 6.03 Å². The molecule has 2 heterocycles. The molecule has 1 fully saturated rings. The molecular weight excluding hydrogens is 230 g/mol. The minimum absolute atomic E-state index is 0.0331. The van der Waals surface area contributed by atoms with E-state index in [1.165, 1.54) is 0 Å². The number of carbonyl (C=O) groups is 1. The average Bonchev–Trinajstić information content (AvgIpc) is 2.84. The molecule has 0 radical (unpaired) electrons. The standard InChI is InChI=1S/C13H21N3O2/c1-9-5-6-11(18-9)10-7-16(12(17)15-10)13(2,3)8-14-4/h5-6,10,14H,7-8H2,1-4H3,(H,15,17). The van der Waals surface area contributed by atoms with Crippen molar-refractivity contribution in [1.82, 2.24) is 15.5 Å². The number of nitrogens with one attached hydrogen (secondary N) is 2. The minimum atomic E-state index is -0.213. The van der Waals surface area contributed by atoms with Crippen molar-refractivity contribution in [1.29, 1.82) is 0 Å². The maximum Gasteiger partial charge on any atom is 0.318 e. The lowest BCUT2D eigenvalue weighted by Gasteiger charge is -2.34. The Morgan fingerprint density at radius 1 is 1.56 bits per heavy atom. The van der Waals surface area contributed by atoms with E-state index in [-0.39, 0.29) is 17.6 Å². The van der Waals surface area contributed by atoms with E-state index in [1.807, 2.05) is 31.0 Å². The van der Waals surface area contributed by atoms with Crippen molar-refractivity contribution in [2.24, 2.45) is 0 Å². The number of hydrogen-bond donors (Lipinski definition) is 2. The van der Waals surface area contributed by atoms with Gasteiger partial charge in [0.15, 0.2) is 0 Å². The van der Waals surface area contributed by atoms with Gasteiger partial charge >= 0.3 is 6.03 Å². The van der Waals surface area contributed by atoms with Crippen LogP contribution >= 0.6 is 0 Å². The molecule has 1 unspecified atom stereocenters. The van der Waals surface area contributed by atoms with Crippen LogP contribution in [0.25, 0.3) is 0 Å². The third-order valence-electron chi connectivity index (χ3n) is 3.35. The molecule has 0 bridgehead atoms. The third-order valence-corrected chi connectivity index (χ3v) is 3.35. The highest BCUT2D eigenvalue weighted by atomic mass is 16.3. The zero-order valence-corrected chi connectivity index (χ0v) is 11.4. The van der Waals surface area contributed by atoms with Crippen LogP contribution in [0.5, 0.6) is 0 Å². The quantitative estimate of drug-likeness (QED) is 0.855. The van der Waals surface area contributed by atoms with Gasteiger partial charge in [0.1, 0.15) is 17.6 Å². The number of furan rings is 1. The molecule has 2 N–H and O–H groups in total. The largest absolute Gasteiger partial charge is 0.464 e. The highest BCUT2D eigenvalue weighted by molar-refractivity contribution is 5.78. The first-order valence-electron chi connectivity index (χ1n) is 6.23. The lowest BCUT2D eigenvalue weighted by atomic mass is 10.0. The summed E-state index contributed by atoms with van der Waals surface area (Å²) >= 11 is 0. The smallest absolute Gasteiger partial charge is 0.318 e. The van der Waals surface area contributed by atoms with E-state index in [1.54, 1.807) is 0 Å². The second-order valence-electron chi connectivity index (χ2n) is 5.40. The van der Waals surface area contributed by atoms with E-state index in [2.05, 4.69) is 24.5 Å². The van der Waals surface area contributed by atoms with Crippen LogP contribution in [0.3, 0.4) is 0 Å². The minimum Gasteiger partial charge on any atom is -0.464 e. The molecule has 5 nitrogen and oxygen atoms in total. The van der Waals surface area contributed by atoms with Crippen LogP contribution in [0.15, 0.2) is 16.5 Å². The molecule has 1 aromatic rings. The van der Waals surface area contributed by atoms with Gasteiger partial charge in [-0.15, -0.1) is 0 Å². The van der Waals surface area contributed by atoms with E-state index in [4.69, 9.17) is 4.42 Å². The number of likely N-dealkylation sites (N-methyl/N-ethyl adjacent to an activating group) is 1. The summed E-state index contributed by atoms with van der Waals surface area (Å²) in [6.07, 6.45) is 0. The summed E-state index contributed by atoms with van der Waals surface area (Å²) in [6, 6.07) is 3.76. The Morgan fingerprint density at radius 3 is 2.83 bits per heavy atom. The van der Waals surface area contributed by atoms with Crippen molar-refractivity contribution in [2.45, 2.75) is 32.4 Å². The van der Waals surface area contributed by atoms with Crippen molar-refractivity contribution in [2.75, 3.05) is 20.1 Å². The van der Waals surface area contributed by atoms with Crippen molar-refractivity contribution in [3.8, 4) is 0 Å². The normalized spacial score (nSPS) is 20.3. The van der Waals surface area contributed by atoms with E-state index in [0.29, 0.717) is 6.54 Å². The lowest BCUT2D eigenvalue weighted by Crippen LogP contribution is -2.51. The molecule has 100 valence electrons. The van der Waals surface area contributed by atoms with Gasteiger partial charge < -0.3 is 20.0 Å². The van der Waals surface area contributed by atoms with Crippen LogP contribution in [0.4, 0.5) is 4.79 Å². The van der Waals surface area contributed by atoms with Gasteiger partial charge in [-0.1, -0.05) is 0 Å². The predicted molar refractivity (Wildman–Crippen MR) is 69.4 cm³/mol. The van der Waals surface area contributed by atoms with E-state index in [9.17, 15) is 4.79 Å². The Morgan fingerprint density at radius 2 is 2.28 bits per heavy atom. The van der Waals surface area contributed by atoms with Gasteiger partial charge in [-0.3, -0.25) is 0 Å². The Kier molecular flexibility index (Phi) is 3.34. The maximum atomic E-state index is 12.0. The van der Waals surface area contributed by atoms with E-state index >= 15 is 0 Å². The molecule has 0 spiro atoms. The fourth-order valence-electron chi connectivity index (χ4n) is 2.39. The summed E-state index contributed by atoms with van der Waals surface area (Å²) in [6.45, 7) is 7.41. The van der Waals surface area contributed by atoms with Crippen LogP contribution in [-0.2, 0) is 0 Å². The molecule has 0 aliphatic carbocycles. The van der Waals surface area contributed by atoms with Crippen LogP contribution in [0.1, 0.15) is 31.4 Å². The van der Waals surface area contributed by atoms with E-state index in [0.717, 1.165) is 18.1 Å². The Hall–Kier alpha value is -1.49. The fourth-order valence-corrected chi connectivity index (χ4v) is 2.39. The van der Waals surface area contributed by atoms with Gasteiger partial charge in [-0.05, 0) is 40.0 Å². The van der Waals surface area contributed by atoms with Crippen LogP contribution < -0.4 is 10.6 Å². The molecule has 1 saturated heterocycles. The molecule has 5 heteroatoms. The summed E-state index contributed by atoms with van der Waals surface area (Å²) in [5, 5.41) is 6.08. The van der Waals surface area contributed by atoms with Gasteiger partial charge in [0.05, 0.1) is 12.1 Å². The summed E-state index contributed by atoms with van der Waals surface area (Å²) in [5.74, 6) is 1.69. The molecular formula is C13H21N3O2. The molecule has 1 aliphatic rings. The monoisotopic (exact) mass is 251 g/mol. The first-order chi connectivity index (χ1) is 8.44.